The molecule has 0 bridgehead atoms. The van der Waals surface area contributed by atoms with Gasteiger partial charge in [-0.3, -0.25) is 0 Å². The molecule has 0 saturated heterocycles. The molecular weight excluding hydrogens is 260 g/mol. The molecule has 0 aliphatic heterocycles. The molecule has 1 atom stereocenters. The van der Waals surface area contributed by atoms with Crippen LogP contribution in [0, 0.1) is 11.8 Å². The van der Waals surface area contributed by atoms with E-state index in [9.17, 15) is 5.11 Å². The van der Waals surface area contributed by atoms with E-state index in [0.717, 1.165) is 24.8 Å². The summed E-state index contributed by atoms with van der Waals surface area (Å²) >= 11 is 0. The molecule has 0 aromatic carbocycles. The predicted molar refractivity (Wildman–Crippen MR) is 93.7 cm³/mol. The first kappa shape index (κ1) is 20.9. The Kier molecular flexibility index (Phi) is 10.5. The smallest absolute Gasteiger partial charge is 0.0611 e. The predicted octanol–water partition coefficient (Wildman–Crippen LogP) is 3.52. The Morgan fingerprint density at radius 2 is 1.38 bits per heavy atom. The van der Waals surface area contributed by atoms with Gasteiger partial charge in [-0.05, 0) is 57.7 Å². The lowest BCUT2D eigenvalue weighted by molar-refractivity contribution is 0.134. The number of aliphatic hydroxyl groups is 1. The second-order valence-corrected chi connectivity index (χ2v) is 7.97. The van der Waals surface area contributed by atoms with Crippen LogP contribution in [0.2, 0.25) is 0 Å². The molecule has 3 heteroatoms. The van der Waals surface area contributed by atoms with E-state index in [1.807, 2.05) is 0 Å². The van der Waals surface area contributed by atoms with E-state index in [1.54, 1.807) is 0 Å². The lowest BCUT2D eigenvalue weighted by atomic mass is 9.97. The lowest BCUT2D eigenvalue weighted by Crippen LogP contribution is -2.51. The van der Waals surface area contributed by atoms with Crippen molar-refractivity contribution in [3.05, 3.63) is 0 Å². The summed E-state index contributed by atoms with van der Waals surface area (Å²) in [6.45, 7) is 19.2. The number of hydrogen-bond acceptors (Lipinski definition) is 3. The van der Waals surface area contributed by atoms with Crippen LogP contribution < -0.4 is 5.32 Å². The molecule has 2 N–H and O–H groups in total. The Morgan fingerprint density at radius 1 is 0.905 bits per heavy atom. The first-order valence-electron chi connectivity index (χ1n) is 8.79. The van der Waals surface area contributed by atoms with Gasteiger partial charge in [0.25, 0.3) is 0 Å². The topological polar surface area (TPSA) is 35.5 Å². The molecule has 0 fully saturated rings. The average molecular weight is 301 g/mol. The van der Waals surface area contributed by atoms with Crippen LogP contribution in [0.25, 0.3) is 0 Å². The molecule has 0 aromatic heterocycles. The molecular formula is C18H40N2O. The molecule has 3 nitrogen and oxygen atoms in total. The Balaban J connectivity index is 4.41. The Bertz CT molecular complexity index is 242. The van der Waals surface area contributed by atoms with Crippen LogP contribution >= 0.6 is 0 Å². The van der Waals surface area contributed by atoms with E-state index in [2.05, 4.69) is 58.7 Å². The van der Waals surface area contributed by atoms with Crippen LogP contribution in [-0.4, -0.2) is 47.8 Å². The number of hydrogen-bond donors (Lipinski definition) is 2. The third-order valence-electron chi connectivity index (χ3n) is 4.01. The maximum Gasteiger partial charge on any atom is 0.0611 e. The summed E-state index contributed by atoms with van der Waals surface area (Å²) in [6.07, 6.45) is 3.51. The number of rotatable bonds is 12. The van der Waals surface area contributed by atoms with Crippen LogP contribution in [-0.2, 0) is 0 Å². The Labute approximate surface area is 133 Å². The fourth-order valence-electron chi connectivity index (χ4n) is 2.52. The molecule has 0 spiro atoms. The van der Waals surface area contributed by atoms with E-state index in [0.29, 0.717) is 6.04 Å². The minimum atomic E-state index is -0.165. The van der Waals surface area contributed by atoms with Crippen LogP contribution in [0.4, 0.5) is 0 Å². The Morgan fingerprint density at radius 3 is 1.71 bits per heavy atom. The fraction of sp³-hybridized carbons (Fsp3) is 1.00. The summed E-state index contributed by atoms with van der Waals surface area (Å²) in [6, 6.07) is 0.405. The molecule has 0 rings (SSSR count). The van der Waals surface area contributed by atoms with Gasteiger partial charge in [0.2, 0.25) is 0 Å². The highest BCUT2D eigenvalue weighted by Crippen LogP contribution is 2.14. The van der Waals surface area contributed by atoms with Gasteiger partial charge in [0.1, 0.15) is 0 Å². The quantitative estimate of drug-likeness (QED) is 0.579. The maximum absolute atomic E-state index is 9.70. The van der Waals surface area contributed by atoms with E-state index < -0.39 is 0 Å². The van der Waals surface area contributed by atoms with Crippen molar-refractivity contribution >= 4 is 0 Å². The van der Waals surface area contributed by atoms with Crippen molar-refractivity contribution in [2.75, 3.05) is 26.2 Å². The van der Waals surface area contributed by atoms with Gasteiger partial charge in [-0.15, -0.1) is 0 Å². The molecule has 128 valence electrons. The van der Waals surface area contributed by atoms with Gasteiger partial charge in [0.05, 0.1) is 6.61 Å². The molecule has 0 aliphatic rings. The van der Waals surface area contributed by atoms with E-state index in [-0.39, 0.29) is 12.1 Å². The summed E-state index contributed by atoms with van der Waals surface area (Å²) in [7, 11) is 0. The summed E-state index contributed by atoms with van der Waals surface area (Å²) in [5, 5.41) is 13.2. The highest BCUT2D eigenvalue weighted by atomic mass is 16.3. The van der Waals surface area contributed by atoms with Crippen molar-refractivity contribution in [3.63, 3.8) is 0 Å². The molecule has 0 aromatic rings. The molecule has 0 amide bonds. The van der Waals surface area contributed by atoms with Crippen LogP contribution in [0.3, 0.4) is 0 Å². The van der Waals surface area contributed by atoms with Crippen molar-refractivity contribution in [2.45, 2.75) is 79.3 Å². The van der Waals surface area contributed by atoms with Crippen molar-refractivity contribution < 1.29 is 5.11 Å². The highest BCUT2D eigenvalue weighted by Gasteiger charge is 2.24. The SMILES string of the molecule is CC(C)CCN(CCC(C)C)CCC(C)(CO)NC(C)C. The lowest BCUT2D eigenvalue weighted by Gasteiger charge is -2.34. The normalized spacial score (nSPS) is 15.4. The van der Waals surface area contributed by atoms with Gasteiger partial charge >= 0.3 is 0 Å². The second-order valence-electron chi connectivity index (χ2n) is 7.97. The second kappa shape index (κ2) is 10.6. The minimum absolute atomic E-state index is 0.165. The maximum atomic E-state index is 9.70. The summed E-state index contributed by atoms with van der Waals surface area (Å²) in [5.74, 6) is 1.51. The summed E-state index contributed by atoms with van der Waals surface area (Å²) in [5.41, 5.74) is -0.165. The molecule has 0 aliphatic carbocycles. The minimum Gasteiger partial charge on any atom is -0.394 e. The van der Waals surface area contributed by atoms with E-state index in [4.69, 9.17) is 0 Å². The third kappa shape index (κ3) is 11.1. The van der Waals surface area contributed by atoms with Crippen molar-refractivity contribution in [1.29, 1.82) is 0 Å². The van der Waals surface area contributed by atoms with Crippen molar-refractivity contribution in [3.8, 4) is 0 Å². The van der Waals surface area contributed by atoms with Crippen LogP contribution in [0.1, 0.15) is 67.7 Å². The zero-order valence-electron chi connectivity index (χ0n) is 15.6. The fourth-order valence-corrected chi connectivity index (χ4v) is 2.52. The van der Waals surface area contributed by atoms with E-state index >= 15 is 0 Å². The molecule has 0 saturated carbocycles. The molecule has 21 heavy (non-hydrogen) atoms. The van der Waals surface area contributed by atoms with Gasteiger partial charge in [0.15, 0.2) is 0 Å². The zero-order valence-corrected chi connectivity index (χ0v) is 15.6. The largest absolute Gasteiger partial charge is 0.394 e. The number of nitrogens with zero attached hydrogens (tertiary/aromatic N) is 1. The summed E-state index contributed by atoms with van der Waals surface area (Å²) < 4.78 is 0. The zero-order chi connectivity index (χ0) is 16.5. The van der Waals surface area contributed by atoms with Gasteiger partial charge in [-0.1, -0.05) is 41.5 Å². The van der Waals surface area contributed by atoms with Gasteiger partial charge in [-0.2, -0.15) is 0 Å². The average Bonchev–Trinajstić information content (AvgIpc) is 2.36. The van der Waals surface area contributed by atoms with Gasteiger partial charge < -0.3 is 15.3 Å². The summed E-state index contributed by atoms with van der Waals surface area (Å²) in [4.78, 5) is 2.58. The van der Waals surface area contributed by atoms with Crippen molar-refractivity contribution in [2.24, 2.45) is 11.8 Å². The highest BCUT2D eigenvalue weighted by molar-refractivity contribution is 4.85. The van der Waals surface area contributed by atoms with Crippen LogP contribution in [0.15, 0.2) is 0 Å². The molecule has 0 radical (unpaired) electrons. The molecule has 1 unspecified atom stereocenters. The Hall–Kier alpha value is -0.120. The van der Waals surface area contributed by atoms with Crippen LogP contribution in [0.5, 0.6) is 0 Å². The first-order valence-corrected chi connectivity index (χ1v) is 8.79. The third-order valence-corrected chi connectivity index (χ3v) is 4.01. The number of nitrogens with one attached hydrogen (secondary N) is 1. The van der Waals surface area contributed by atoms with Crippen molar-refractivity contribution in [1.82, 2.24) is 10.2 Å². The van der Waals surface area contributed by atoms with Gasteiger partial charge in [-0.25, -0.2) is 0 Å². The molecule has 0 heterocycles. The number of aliphatic hydroxyl groups excluding tert-OH is 1. The first-order chi connectivity index (χ1) is 9.68. The monoisotopic (exact) mass is 300 g/mol. The van der Waals surface area contributed by atoms with Gasteiger partial charge in [0, 0.05) is 11.6 Å². The van der Waals surface area contributed by atoms with E-state index in [1.165, 1.54) is 25.9 Å². The standard InChI is InChI=1S/C18H40N2O/c1-15(2)8-11-20(12-9-16(3)4)13-10-18(7,14-21)19-17(5)6/h15-17,19,21H,8-14H2,1-7H3.